The summed E-state index contributed by atoms with van der Waals surface area (Å²) in [7, 11) is 5.18. The Labute approximate surface area is 159 Å². The predicted molar refractivity (Wildman–Crippen MR) is 106 cm³/mol. The maximum atomic E-state index is 13.0. The third kappa shape index (κ3) is 5.50. The summed E-state index contributed by atoms with van der Waals surface area (Å²) in [5.74, 6) is 0.526. The first-order valence-electron chi connectivity index (χ1n) is 7.67. The van der Waals surface area contributed by atoms with Gasteiger partial charge in [-0.15, -0.1) is 24.0 Å². The van der Waals surface area contributed by atoms with Gasteiger partial charge in [-0.3, -0.25) is 9.79 Å². The van der Waals surface area contributed by atoms with E-state index in [1.54, 1.807) is 38.2 Å². The maximum absolute atomic E-state index is 13.0. The summed E-state index contributed by atoms with van der Waals surface area (Å²) >= 11 is 0. The molecule has 1 amide bonds. The average Bonchev–Trinajstić information content (AvgIpc) is 2.56. The SMILES string of the molecule is CN=C(NCC(=O)N(C)C)N1CCN(c2ccc(F)cc2)CC1.I. The summed E-state index contributed by atoms with van der Waals surface area (Å²) in [5, 5.41) is 3.10. The molecule has 0 aliphatic carbocycles. The van der Waals surface area contributed by atoms with E-state index in [0.29, 0.717) is 0 Å². The minimum atomic E-state index is -0.220. The Morgan fingerprint density at radius 1 is 1.21 bits per heavy atom. The number of aliphatic imine (C=N–C) groups is 1. The fourth-order valence-electron chi connectivity index (χ4n) is 2.47. The number of anilines is 1. The molecule has 0 saturated carbocycles. The molecule has 24 heavy (non-hydrogen) atoms. The van der Waals surface area contributed by atoms with Crippen LogP contribution in [-0.2, 0) is 4.79 Å². The number of nitrogens with zero attached hydrogens (tertiary/aromatic N) is 4. The van der Waals surface area contributed by atoms with E-state index < -0.39 is 0 Å². The minimum Gasteiger partial charge on any atom is -0.368 e. The average molecular weight is 449 g/mol. The number of benzene rings is 1. The molecule has 0 bridgehead atoms. The molecule has 0 spiro atoms. The fourth-order valence-corrected chi connectivity index (χ4v) is 2.47. The quantitative estimate of drug-likeness (QED) is 0.429. The zero-order valence-corrected chi connectivity index (χ0v) is 16.7. The molecule has 1 N–H and O–H groups in total. The van der Waals surface area contributed by atoms with Crippen LogP contribution in [0.1, 0.15) is 0 Å². The van der Waals surface area contributed by atoms with Crippen LogP contribution in [-0.4, -0.2) is 75.5 Å². The van der Waals surface area contributed by atoms with Crippen LogP contribution in [0.15, 0.2) is 29.3 Å². The van der Waals surface area contributed by atoms with Crippen molar-refractivity contribution in [2.45, 2.75) is 0 Å². The van der Waals surface area contributed by atoms with Crippen molar-refractivity contribution in [2.75, 3.05) is 58.8 Å². The Balaban J connectivity index is 0.00000288. The Bertz CT molecular complexity index is 556. The van der Waals surface area contributed by atoms with Gasteiger partial charge in [0, 0.05) is 53.0 Å². The zero-order chi connectivity index (χ0) is 16.8. The summed E-state index contributed by atoms with van der Waals surface area (Å²) < 4.78 is 13.0. The van der Waals surface area contributed by atoms with Gasteiger partial charge in [-0.05, 0) is 24.3 Å². The molecule has 1 saturated heterocycles. The summed E-state index contributed by atoms with van der Waals surface area (Å²) in [6.07, 6.45) is 0. The lowest BCUT2D eigenvalue weighted by molar-refractivity contribution is -0.127. The van der Waals surface area contributed by atoms with E-state index >= 15 is 0 Å². The highest BCUT2D eigenvalue weighted by molar-refractivity contribution is 14.0. The highest BCUT2D eigenvalue weighted by atomic mass is 127. The Morgan fingerprint density at radius 3 is 2.29 bits per heavy atom. The number of hydrogen-bond donors (Lipinski definition) is 1. The molecular weight excluding hydrogens is 424 g/mol. The second-order valence-corrected chi connectivity index (χ2v) is 5.64. The molecule has 1 aromatic carbocycles. The molecule has 0 atom stereocenters. The van der Waals surface area contributed by atoms with Crippen molar-refractivity contribution in [3.05, 3.63) is 30.1 Å². The lowest BCUT2D eigenvalue weighted by atomic mass is 10.2. The first-order chi connectivity index (χ1) is 11.0. The number of guanidine groups is 1. The second kappa shape index (κ2) is 9.65. The number of likely N-dealkylation sites (N-methyl/N-ethyl adjacent to an activating group) is 1. The third-order valence-corrected chi connectivity index (χ3v) is 3.88. The summed E-state index contributed by atoms with van der Waals surface area (Å²) in [5.41, 5.74) is 1.02. The molecule has 134 valence electrons. The fraction of sp³-hybridized carbons (Fsp3) is 0.500. The molecule has 1 heterocycles. The summed E-state index contributed by atoms with van der Waals surface area (Å²) in [4.78, 5) is 21.8. The van der Waals surface area contributed by atoms with Crippen molar-refractivity contribution >= 4 is 41.5 Å². The van der Waals surface area contributed by atoms with E-state index in [1.807, 2.05) is 0 Å². The number of carbonyl (C=O) groups excluding carboxylic acids is 1. The van der Waals surface area contributed by atoms with Gasteiger partial charge in [-0.1, -0.05) is 0 Å². The van der Waals surface area contributed by atoms with Gasteiger partial charge in [0.25, 0.3) is 0 Å². The minimum absolute atomic E-state index is 0. The highest BCUT2D eigenvalue weighted by Gasteiger charge is 2.20. The van der Waals surface area contributed by atoms with Crippen LogP contribution in [0.3, 0.4) is 0 Å². The number of halogens is 2. The van der Waals surface area contributed by atoms with Crippen LogP contribution in [0.2, 0.25) is 0 Å². The maximum Gasteiger partial charge on any atom is 0.241 e. The van der Waals surface area contributed by atoms with Crippen molar-refractivity contribution in [3.63, 3.8) is 0 Å². The van der Waals surface area contributed by atoms with Gasteiger partial charge in [0.1, 0.15) is 5.82 Å². The molecule has 6 nitrogen and oxygen atoms in total. The van der Waals surface area contributed by atoms with Crippen LogP contribution >= 0.6 is 24.0 Å². The van der Waals surface area contributed by atoms with Gasteiger partial charge < -0.3 is 20.0 Å². The summed E-state index contributed by atoms with van der Waals surface area (Å²) in [6.45, 7) is 3.49. The lowest BCUT2D eigenvalue weighted by Gasteiger charge is -2.37. The smallest absolute Gasteiger partial charge is 0.241 e. The van der Waals surface area contributed by atoms with E-state index in [4.69, 9.17) is 0 Å². The zero-order valence-electron chi connectivity index (χ0n) is 14.3. The van der Waals surface area contributed by atoms with Crippen molar-refractivity contribution in [3.8, 4) is 0 Å². The number of nitrogens with one attached hydrogen (secondary N) is 1. The third-order valence-electron chi connectivity index (χ3n) is 3.88. The molecule has 1 fully saturated rings. The van der Waals surface area contributed by atoms with Crippen molar-refractivity contribution in [2.24, 2.45) is 4.99 Å². The molecule has 1 aromatic rings. The number of carbonyl (C=O) groups is 1. The molecule has 1 aliphatic heterocycles. The van der Waals surface area contributed by atoms with Gasteiger partial charge in [-0.25, -0.2) is 4.39 Å². The largest absolute Gasteiger partial charge is 0.368 e. The first-order valence-corrected chi connectivity index (χ1v) is 7.67. The van der Waals surface area contributed by atoms with E-state index in [9.17, 15) is 9.18 Å². The number of rotatable bonds is 3. The number of amides is 1. The Kier molecular flexibility index (Phi) is 8.23. The van der Waals surface area contributed by atoms with E-state index in [1.165, 1.54) is 12.1 Å². The van der Waals surface area contributed by atoms with Crippen molar-refractivity contribution in [1.29, 1.82) is 0 Å². The van der Waals surface area contributed by atoms with E-state index in [-0.39, 0.29) is 42.2 Å². The predicted octanol–water partition coefficient (Wildman–Crippen LogP) is 1.23. The molecule has 0 aromatic heterocycles. The number of hydrogen-bond acceptors (Lipinski definition) is 3. The van der Waals surface area contributed by atoms with Crippen LogP contribution in [0.25, 0.3) is 0 Å². The standard InChI is InChI=1S/C16H24FN5O.HI/c1-18-16(19-12-15(23)20(2)3)22-10-8-21(9-11-22)14-6-4-13(17)5-7-14;/h4-7H,8-12H2,1-3H3,(H,18,19);1H. The molecule has 8 heteroatoms. The van der Waals surface area contributed by atoms with Crippen molar-refractivity contribution in [1.82, 2.24) is 15.1 Å². The topological polar surface area (TPSA) is 51.2 Å². The van der Waals surface area contributed by atoms with Gasteiger partial charge in [-0.2, -0.15) is 0 Å². The van der Waals surface area contributed by atoms with Crippen LogP contribution in [0.4, 0.5) is 10.1 Å². The monoisotopic (exact) mass is 449 g/mol. The van der Waals surface area contributed by atoms with Crippen LogP contribution < -0.4 is 10.2 Å². The second-order valence-electron chi connectivity index (χ2n) is 5.64. The Hall–Kier alpha value is -1.58. The van der Waals surface area contributed by atoms with E-state index in [2.05, 4.69) is 20.1 Å². The molecule has 2 rings (SSSR count). The van der Waals surface area contributed by atoms with Crippen molar-refractivity contribution < 1.29 is 9.18 Å². The molecular formula is C16H25FIN5O. The lowest BCUT2D eigenvalue weighted by Crippen LogP contribution is -2.53. The van der Waals surface area contributed by atoms with E-state index in [0.717, 1.165) is 37.8 Å². The van der Waals surface area contributed by atoms with Gasteiger partial charge in [0.2, 0.25) is 5.91 Å². The molecule has 1 aliphatic rings. The van der Waals surface area contributed by atoms with Gasteiger partial charge in [0.15, 0.2) is 5.96 Å². The van der Waals surface area contributed by atoms with Crippen LogP contribution in [0.5, 0.6) is 0 Å². The van der Waals surface area contributed by atoms with Gasteiger partial charge in [0.05, 0.1) is 6.54 Å². The molecule has 0 radical (unpaired) electrons. The normalized spacial score (nSPS) is 14.9. The highest BCUT2D eigenvalue weighted by Crippen LogP contribution is 2.16. The van der Waals surface area contributed by atoms with Crippen LogP contribution in [0, 0.1) is 5.82 Å². The Morgan fingerprint density at radius 2 is 1.79 bits per heavy atom. The summed E-state index contributed by atoms with van der Waals surface area (Å²) in [6, 6.07) is 6.56. The first kappa shape index (κ1) is 20.5. The molecule has 0 unspecified atom stereocenters. The number of piperazine rings is 1. The van der Waals surface area contributed by atoms with Gasteiger partial charge >= 0.3 is 0 Å².